The normalized spacial score (nSPS) is 28.4. The first-order valence-corrected chi connectivity index (χ1v) is 7.46. The number of hydrogen-bond acceptors (Lipinski definition) is 3. The first-order chi connectivity index (χ1) is 9.61. The summed E-state index contributed by atoms with van der Waals surface area (Å²) in [5.74, 6) is 0.657. The molecule has 4 nitrogen and oxygen atoms in total. The van der Waals surface area contributed by atoms with Gasteiger partial charge in [0.1, 0.15) is 5.75 Å². The molecule has 2 bridgehead atoms. The summed E-state index contributed by atoms with van der Waals surface area (Å²) in [5, 5.41) is 16.3. The van der Waals surface area contributed by atoms with Crippen LogP contribution in [0.15, 0.2) is 18.2 Å². The summed E-state index contributed by atoms with van der Waals surface area (Å²) < 4.78 is 0. The van der Waals surface area contributed by atoms with Crippen molar-refractivity contribution in [1.29, 1.82) is 0 Å². The second-order valence-corrected chi connectivity index (χ2v) is 6.20. The lowest BCUT2D eigenvalue weighted by molar-refractivity contribution is -0.117. The van der Waals surface area contributed by atoms with Crippen LogP contribution in [-0.4, -0.2) is 23.1 Å². The first-order valence-electron chi connectivity index (χ1n) is 7.46. The number of hydrogen-bond donors (Lipinski definition) is 3. The Morgan fingerprint density at radius 2 is 2.05 bits per heavy atom. The highest BCUT2D eigenvalue weighted by molar-refractivity contribution is 5.92. The van der Waals surface area contributed by atoms with Gasteiger partial charge in [-0.2, -0.15) is 0 Å². The molecule has 0 saturated carbocycles. The molecule has 1 aromatic rings. The van der Waals surface area contributed by atoms with Crippen molar-refractivity contribution in [2.75, 3.05) is 5.32 Å². The number of rotatable bonds is 3. The molecule has 2 fully saturated rings. The van der Waals surface area contributed by atoms with Crippen LogP contribution in [0.2, 0.25) is 0 Å². The Morgan fingerprint density at radius 1 is 1.35 bits per heavy atom. The van der Waals surface area contributed by atoms with Crippen molar-refractivity contribution in [3.63, 3.8) is 0 Å². The SMILES string of the molecule is Cc1cccc(NC(=O)CC2CC3CCC(C2)N3)c1O. The van der Waals surface area contributed by atoms with Crippen molar-refractivity contribution in [3.05, 3.63) is 23.8 Å². The van der Waals surface area contributed by atoms with Gasteiger partial charge in [-0.15, -0.1) is 0 Å². The molecule has 2 aliphatic heterocycles. The van der Waals surface area contributed by atoms with E-state index in [1.165, 1.54) is 12.8 Å². The first kappa shape index (κ1) is 13.4. The second-order valence-electron chi connectivity index (χ2n) is 6.20. The molecule has 0 spiro atoms. The van der Waals surface area contributed by atoms with Crippen LogP contribution < -0.4 is 10.6 Å². The molecule has 1 aromatic carbocycles. The van der Waals surface area contributed by atoms with Gasteiger partial charge in [0.25, 0.3) is 0 Å². The number of piperidine rings is 1. The third-order valence-corrected chi connectivity index (χ3v) is 4.56. The van der Waals surface area contributed by atoms with Gasteiger partial charge in [0.15, 0.2) is 0 Å². The molecule has 3 rings (SSSR count). The molecular weight excluding hydrogens is 252 g/mol. The minimum atomic E-state index is 0.0113. The predicted molar refractivity (Wildman–Crippen MR) is 78.8 cm³/mol. The molecule has 0 aliphatic carbocycles. The third-order valence-electron chi connectivity index (χ3n) is 4.56. The maximum Gasteiger partial charge on any atom is 0.224 e. The minimum absolute atomic E-state index is 0.0113. The number of phenolic OH excluding ortho intramolecular Hbond substituents is 1. The van der Waals surface area contributed by atoms with Crippen molar-refractivity contribution in [2.45, 2.75) is 51.1 Å². The highest BCUT2D eigenvalue weighted by atomic mass is 16.3. The van der Waals surface area contributed by atoms with Crippen molar-refractivity contribution < 1.29 is 9.90 Å². The average Bonchev–Trinajstić information content (AvgIpc) is 2.74. The molecule has 2 heterocycles. The standard InChI is InChI=1S/C16H22N2O2/c1-10-3-2-4-14(16(10)20)18-15(19)9-11-7-12-5-6-13(8-11)17-12/h2-4,11-13,17,20H,5-9H2,1H3,(H,18,19). The maximum absolute atomic E-state index is 12.1. The van der Waals surface area contributed by atoms with E-state index in [0.29, 0.717) is 30.1 Å². The number of para-hydroxylation sites is 1. The van der Waals surface area contributed by atoms with Crippen LogP contribution in [0.5, 0.6) is 5.75 Å². The number of benzene rings is 1. The molecule has 2 unspecified atom stereocenters. The lowest BCUT2D eigenvalue weighted by Gasteiger charge is -2.28. The lowest BCUT2D eigenvalue weighted by Crippen LogP contribution is -2.39. The van der Waals surface area contributed by atoms with Gasteiger partial charge < -0.3 is 15.7 Å². The molecular formula is C16H22N2O2. The number of aryl methyl sites for hydroxylation is 1. The zero-order chi connectivity index (χ0) is 14.1. The van der Waals surface area contributed by atoms with Crippen LogP contribution in [0.1, 0.15) is 37.7 Å². The fourth-order valence-electron chi connectivity index (χ4n) is 3.57. The number of carbonyl (C=O) groups excluding carboxylic acids is 1. The summed E-state index contributed by atoms with van der Waals surface area (Å²) in [6.07, 6.45) is 5.26. The summed E-state index contributed by atoms with van der Waals surface area (Å²) in [6, 6.07) is 6.63. The zero-order valence-electron chi connectivity index (χ0n) is 11.9. The molecule has 20 heavy (non-hydrogen) atoms. The van der Waals surface area contributed by atoms with Crippen molar-refractivity contribution in [2.24, 2.45) is 5.92 Å². The minimum Gasteiger partial charge on any atom is -0.505 e. The molecule has 0 aromatic heterocycles. The van der Waals surface area contributed by atoms with Gasteiger partial charge in [-0.3, -0.25) is 4.79 Å². The molecule has 108 valence electrons. The van der Waals surface area contributed by atoms with Crippen LogP contribution in [0.4, 0.5) is 5.69 Å². The summed E-state index contributed by atoms with van der Waals surface area (Å²) in [6.45, 7) is 1.83. The fraction of sp³-hybridized carbons (Fsp3) is 0.562. The average molecular weight is 274 g/mol. The molecule has 1 amide bonds. The molecule has 2 atom stereocenters. The number of amides is 1. The highest BCUT2D eigenvalue weighted by Gasteiger charge is 2.34. The van der Waals surface area contributed by atoms with Gasteiger partial charge in [-0.1, -0.05) is 12.1 Å². The summed E-state index contributed by atoms with van der Waals surface area (Å²) in [7, 11) is 0. The Labute approximate surface area is 119 Å². The van der Waals surface area contributed by atoms with Crippen molar-refractivity contribution >= 4 is 11.6 Å². The quantitative estimate of drug-likeness (QED) is 0.742. The molecule has 3 N–H and O–H groups in total. The van der Waals surface area contributed by atoms with E-state index in [1.807, 2.05) is 19.1 Å². The van der Waals surface area contributed by atoms with E-state index in [2.05, 4.69) is 10.6 Å². The molecule has 0 radical (unpaired) electrons. The monoisotopic (exact) mass is 274 g/mol. The second kappa shape index (κ2) is 5.44. The maximum atomic E-state index is 12.1. The molecule has 2 saturated heterocycles. The van der Waals surface area contributed by atoms with Gasteiger partial charge in [-0.25, -0.2) is 0 Å². The van der Waals surface area contributed by atoms with E-state index < -0.39 is 0 Å². The predicted octanol–water partition coefficient (Wildman–Crippen LogP) is 2.56. The number of nitrogens with one attached hydrogen (secondary N) is 2. The number of aromatic hydroxyl groups is 1. The molecule has 2 aliphatic rings. The number of phenols is 1. The van der Waals surface area contributed by atoms with E-state index in [4.69, 9.17) is 0 Å². The van der Waals surface area contributed by atoms with E-state index in [1.54, 1.807) is 6.07 Å². The van der Waals surface area contributed by atoms with Crippen LogP contribution >= 0.6 is 0 Å². The van der Waals surface area contributed by atoms with E-state index >= 15 is 0 Å². The summed E-state index contributed by atoms with van der Waals surface area (Å²) in [5.41, 5.74) is 1.30. The Morgan fingerprint density at radius 3 is 2.75 bits per heavy atom. The van der Waals surface area contributed by atoms with E-state index in [0.717, 1.165) is 18.4 Å². The summed E-state index contributed by atoms with van der Waals surface area (Å²) in [4.78, 5) is 12.1. The smallest absolute Gasteiger partial charge is 0.224 e. The van der Waals surface area contributed by atoms with Crippen LogP contribution in [0.25, 0.3) is 0 Å². The van der Waals surface area contributed by atoms with E-state index in [9.17, 15) is 9.90 Å². The summed E-state index contributed by atoms with van der Waals surface area (Å²) >= 11 is 0. The fourth-order valence-corrected chi connectivity index (χ4v) is 3.57. The van der Waals surface area contributed by atoms with Crippen LogP contribution in [0, 0.1) is 12.8 Å². The Kier molecular flexibility index (Phi) is 3.66. The van der Waals surface area contributed by atoms with Crippen LogP contribution in [0.3, 0.4) is 0 Å². The van der Waals surface area contributed by atoms with Gasteiger partial charge in [0, 0.05) is 18.5 Å². The third kappa shape index (κ3) is 2.80. The number of carbonyl (C=O) groups is 1. The van der Waals surface area contributed by atoms with E-state index in [-0.39, 0.29) is 11.7 Å². The number of anilines is 1. The Hall–Kier alpha value is -1.55. The largest absolute Gasteiger partial charge is 0.505 e. The highest BCUT2D eigenvalue weighted by Crippen LogP contribution is 2.33. The Bertz CT molecular complexity index is 503. The zero-order valence-corrected chi connectivity index (χ0v) is 11.9. The topological polar surface area (TPSA) is 61.4 Å². The van der Waals surface area contributed by atoms with Gasteiger partial charge in [-0.05, 0) is 50.2 Å². The van der Waals surface area contributed by atoms with Crippen molar-refractivity contribution in [1.82, 2.24) is 5.32 Å². The van der Waals surface area contributed by atoms with Crippen molar-refractivity contribution in [3.8, 4) is 5.75 Å². The number of fused-ring (bicyclic) bond motifs is 2. The van der Waals surface area contributed by atoms with Gasteiger partial charge >= 0.3 is 0 Å². The molecule has 4 heteroatoms. The van der Waals surface area contributed by atoms with Crippen LogP contribution in [-0.2, 0) is 4.79 Å². The van der Waals surface area contributed by atoms with Gasteiger partial charge in [0.05, 0.1) is 5.69 Å². The lowest BCUT2D eigenvalue weighted by atomic mass is 9.89. The Balaban J connectivity index is 1.58. The van der Waals surface area contributed by atoms with Gasteiger partial charge in [0.2, 0.25) is 5.91 Å².